The summed E-state index contributed by atoms with van der Waals surface area (Å²) in [5, 5.41) is 9.63. The van der Waals surface area contributed by atoms with E-state index in [0.29, 0.717) is 18.1 Å². The van der Waals surface area contributed by atoms with Gasteiger partial charge in [-0.3, -0.25) is 4.79 Å². The number of hydrogen-bond donors (Lipinski definition) is 0. The highest BCUT2D eigenvalue weighted by Crippen LogP contribution is 2.20. The van der Waals surface area contributed by atoms with E-state index < -0.39 is 0 Å². The third kappa shape index (κ3) is 5.30. The first-order chi connectivity index (χ1) is 14.7. The van der Waals surface area contributed by atoms with E-state index in [1.54, 1.807) is 6.08 Å². The van der Waals surface area contributed by atoms with Crippen LogP contribution in [0.25, 0.3) is 6.08 Å². The van der Waals surface area contributed by atoms with E-state index in [2.05, 4.69) is 32.1 Å². The van der Waals surface area contributed by atoms with Gasteiger partial charge in [0.15, 0.2) is 11.6 Å². The minimum Gasteiger partial charge on any atom is -0.355 e. The summed E-state index contributed by atoms with van der Waals surface area (Å²) in [4.78, 5) is 18.9. The monoisotopic (exact) mass is 425 g/mol. The van der Waals surface area contributed by atoms with E-state index in [-0.39, 0.29) is 5.91 Å². The molecule has 2 aromatic rings. The van der Waals surface area contributed by atoms with Crippen molar-refractivity contribution in [3.63, 3.8) is 0 Å². The van der Waals surface area contributed by atoms with Crippen molar-refractivity contribution in [2.75, 3.05) is 49.1 Å². The first-order valence-electron chi connectivity index (χ1n) is 10.8. The summed E-state index contributed by atoms with van der Waals surface area (Å²) in [6.07, 6.45) is 8.53. The van der Waals surface area contributed by atoms with Crippen LogP contribution in [0.2, 0.25) is 5.02 Å². The maximum atomic E-state index is 12.5. The zero-order valence-electron chi connectivity index (χ0n) is 17.2. The summed E-state index contributed by atoms with van der Waals surface area (Å²) in [5.41, 5.74) is 0.964. The van der Waals surface area contributed by atoms with Gasteiger partial charge in [-0.05, 0) is 48.7 Å². The predicted molar refractivity (Wildman–Crippen MR) is 122 cm³/mol. The predicted octanol–water partition coefficient (Wildman–Crippen LogP) is 3.87. The van der Waals surface area contributed by atoms with Crippen LogP contribution in [0.15, 0.2) is 42.5 Å². The Bertz CT molecular complexity index is 852. The molecule has 0 spiro atoms. The maximum Gasteiger partial charge on any atom is 0.246 e. The summed E-state index contributed by atoms with van der Waals surface area (Å²) < 4.78 is 0. The zero-order chi connectivity index (χ0) is 20.8. The molecule has 1 aromatic carbocycles. The lowest BCUT2D eigenvalue weighted by atomic mass is 10.2. The number of hydrogen-bond acceptors (Lipinski definition) is 5. The van der Waals surface area contributed by atoms with Crippen molar-refractivity contribution in [3.8, 4) is 0 Å². The van der Waals surface area contributed by atoms with Crippen molar-refractivity contribution in [1.29, 1.82) is 0 Å². The fourth-order valence-electron chi connectivity index (χ4n) is 3.96. The Balaban J connectivity index is 1.29. The lowest BCUT2D eigenvalue weighted by molar-refractivity contribution is -0.126. The first-order valence-corrected chi connectivity index (χ1v) is 11.1. The van der Waals surface area contributed by atoms with E-state index in [0.717, 1.165) is 43.4 Å². The van der Waals surface area contributed by atoms with Crippen LogP contribution in [0, 0.1) is 0 Å². The molecule has 6 nitrogen and oxygen atoms in total. The molecule has 2 aliphatic heterocycles. The minimum atomic E-state index is 0.0344. The van der Waals surface area contributed by atoms with Gasteiger partial charge in [-0.1, -0.05) is 36.6 Å². The molecule has 0 atom stereocenters. The summed E-state index contributed by atoms with van der Waals surface area (Å²) >= 11 is 5.90. The number of piperazine rings is 1. The second-order valence-electron chi connectivity index (χ2n) is 7.85. The van der Waals surface area contributed by atoms with Crippen LogP contribution in [0.1, 0.15) is 31.2 Å². The smallest absolute Gasteiger partial charge is 0.246 e. The van der Waals surface area contributed by atoms with Gasteiger partial charge in [0.2, 0.25) is 5.91 Å². The summed E-state index contributed by atoms with van der Waals surface area (Å²) in [6, 6.07) is 11.6. The molecular weight excluding hydrogens is 398 g/mol. The molecule has 1 amide bonds. The molecule has 0 aliphatic carbocycles. The van der Waals surface area contributed by atoms with Crippen LogP contribution < -0.4 is 9.80 Å². The Kier molecular flexibility index (Phi) is 6.84. The third-order valence-electron chi connectivity index (χ3n) is 5.77. The van der Waals surface area contributed by atoms with Crippen molar-refractivity contribution in [3.05, 3.63) is 53.1 Å². The molecule has 0 bridgehead atoms. The fourth-order valence-corrected chi connectivity index (χ4v) is 4.08. The van der Waals surface area contributed by atoms with Gasteiger partial charge in [0.1, 0.15) is 0 Å². The molecule has 2 aliphatic rings. The van der Waals surface area contributed by atoms with E-state index >= 15 is 0 Å². The minimum absolute atomic E-state index is 0.0344. The molecule has 158 valence electrons. The normalized spacial score (nSPS) is 18.0. The molecule has 0 unspecified atom stereocenters. The van der Waals surface area contributed by atoms with Gasteiger partial charge >= 0.3 is 0 Å². The summed E-state index contributed by atoms with van der Waals surface area (Å²) in [5.74, 6) is 1.89. The van der Waals surface area contributed by atoms with Crippen molar-refractivity contribution in [2.45, 2.75) is 25.7 Å². The Morgan fingerprint density at radius 2 is 1.33 bits per heavy atom. The molecule has 2 fully saturated rings. The number of carbonyl (C=O) groups excluding carboxylic acids is 1. The largest absolute Gasteiger partial charge is 0.355 e. The van der Waals surface area contributed by atoms with Crippen LogP contribution in [0.3, 0.4) is 0 Å². The molecular formula is C23H28ClN5O. The number of rotatable bonds is 4. The van der Waals surface area contributed by atoms with Crippen LogP contribution in [0.5, 0.6) is 0 Å². The number of benzene rings is 1. The average Bonchev–Trinajstić information content (AvgIpc) is 3.08. The zero-order valence-corrected chi connectivity index (χ0v) is 18.0. The number of halogens is 1. The highest BCUT2D eigenvalue weighted by molar-refractivity contribution is 6.30. The quantitative estimate of drug-likeness (QED) is 0.696. The fraction of sp³-hybridized carbons (Fsp3) is 0.435. The maximum absolute atomic E-state index is 12.5. The van der Waals surface area contributed by atoms with E-state index in [1.807, 2.05) is 35.2 Å². The number of aromatic nitrogens is 2. The number of anilines is 2. The Labute approximate surface area is 183 Å². The van der Waals surface area contributed by atoms with E-state index in [4.69, 9.17) is 11.6 Å². The molecule has 3 heterocycles. The summed E-state index contributed by atoms with van der Waals surface area (Å²) in [6.45, 7) is 5.02. The molecule has 0 radical (unpaired) electrons. The number of amides is 1. The van der Waals surface area contributed by atoms with E-state index in [9.17, 15) is 4.79 Å². The van der Waals surface area contributed by atoms with Crippen molar-refractivity contribution < 1.29 is 4.79 Å². The van der Waals surface area contributed by atoms with Gasteiger partial charge in [0.05, 0.1) is 0 Å². The van der Waals surface area contributed by atoms with Crippen LogP contribution >= 0.6 is 11.6 Å². The van der Waals surface area contributed by atoms with Crippen molar-refractivity contribution >= 4 is 35.2 Å². The van der Waals surface area contributed by atoms with Crippen molar-refractivity contribution in [2.24, 2.45) is 0 Å². The topological polar surface area (TPSA) is 52.6 Å². The molecule has 2 saturated heterocycles. The standard InChI is InChI=1S/C23H28ClN5O/c24-20-8-5-19(6-9-20)7-12-23(30)29-17-15-28(16-18-29)22-11-10-21(25-26-22)27-13-3-1-2-4-14-27/h5-12H,1-4,13-18H2/b12-7+. The van der Waals surface area contributed by atoms with Crippen LogP contribution in [-0.4, -0.2) is 60.3 Å². The summed E-state index contributed by atoms with van der Waals surface area (Å²) in [7, 11) is 0. The lowest BCUT2D eigenvalue weighted by Gasteiger charge is -2.34. The van der Waals surface area contributed by atoms with Gasteiger partial charge < -0.3 is 14.7 Å². The number of carbonyl (C=O) groups is 1. The van der Waals surface area contributed by atoms with E-state index in [1.165, 1.54) is 25.7 Å². The van der Waals surface area contributed by atoms with Crippen LogP contribution in [0.4, 0.5) is 11.6 Å². The highest BCUT2D eigenvalue weighted by Gasteiger charge is 2.21. The van der Waals surface area contributed by atoms with Crippen molar-refractivity contribution in [1.82, 2.24) is 15.1 Å². The highest BCUT2D eigenvalue weighted by atomic mass is 35.5. The van der Waals surface area contributed by atoms with Gasteiger partial charge in [-0.25, -0.2) is 0 Å². The Morgan fingerprint density at radius 3 is 1.90 bits per heavy atom. The van der Waals surface area contributed by atoms with Crippen LogP contribution in [-0.2, 0) is 4.79 Å². The molecule has 0 N–H and O–H groups in total. The second-order valence-corrected chi connectivity index (χ2v) is 8.28. The SMILES string of the molecule is O=C(/C=C/c1ccc(Cl)cc1)N1CCN(c2ccc(N3CCCCCC3)nn2)CC1. The lowest BCUT2D eigenvalue weighted by Crippen LogP contribution is -2.48. The first kappa shape index (κ1) is 20.7. The third-order valence-corrected chi connectivity index (χ3v) is 6.02. The molecule has 30 heavy (non-hydrogen) atoms. The Hall–Kier alpha value is -2.60. The van der Waals surface area contributed by atoms with Gasteiger partial charge in [-0.2, -0.15) is 0 Å². The Morgan fingerprint density at radius 1 is 0.767 bits per heavy atom. The van der Waals surface area contributed by atoms with Gasteiger partial charge in [0.25, 0.3) is 0 Å². The van der Waals surface area contributed by atoms with Gasteiger partial charge in [0, 0.05) is 50.4 Å². The average molecular weight is 426 g/mol. The molecule has 4 rings (SSSR count). The molecule has 0 saturated carbocycles. The van der Waals surface area contributed by atoms with Gasteiger partial charge in [-0.15, -0.1) is 10.2 Å². The molecule has 1 aromatic heterocycles. The second kappa shape index (κ2) is 9.94. The number of nitrogens with zero attached hydrogens (tertiary/aromatic N) is 5. The molecule has 7 heteroatoms.